The second-order valence-electron chi connectivity index (χ2n) is 5.11. The van der Waals surface area contributed by atoms with Crippen LogP contribution in [0, 0.1) is 29.0 Å². The number of hydrogen-bond donors (Lipinski definition) is 0. The van der Waals surface area contributed by atoms with E-state index >= 15 is 0 Å². The lowest BCUT2D eigenvalue weighted by Crippen LogP contribution is -2.13. The lowest BCUT2D eigenvalue weighted by Gasteiger charge is -2.23. The lowest BCUT2D eigenvalue weighted by molar-refractivity contribution is -0.00655. The van der Waals surface area contributed by atoms with E-state index in [0.29, 0.717) is 5.92 Å². The Hall–Kier alpha value is -1.70. The standard InChI is InChI=1S/C8H15F.C7H3F2NO/c1-7-2-4-8(6-9)5-3-7;8-7-3-6(11-9)2-1-5(7)4-10/h7-8H,2-6H2,1H3;1-3H. The van der Waals surface area contributed by atoms with Gasteiger partial charge in [-0.25, -0.2) is 4.39 Å². The van der Waals surface area contributed by atoms with Crippen LogP contribution in [-0.4, -0.2) is 6.67 Å². The van der Waals surface area contributed by atoms with Gasteiger partial charge < -0.3 is 0 Å². The molecule has 0 atom stereocenters. The predicted molar refractivity (Wildman–Crippen MR) is 69.9 cm³/mol. The first kappa shape index (κ1) is 16.4. The van der Waals surface area contributed by atoms with Crippen LogP contribution in [0.1, 0.15) is 38.2 Å². The Balaban J connectivity index is 0.000000204. The molecule has 0 spiro atoms. The molecule has 1 aromatic carbocycles. The summed E-state index contributed by atoms with van der Waals surface area (Å²) < 4.78 is 36.0. The van der Waals surface area contributed by atoms with Crippen LogP contribution in [0.15, 0.2) is 18.2 Å². The summed E-state index contributed by atoms with van der Waals surface area (Å²) in [4.78, 5) is 3.25. The van der Waals surface area contributed by atoms with E-state index in [9.17, 15) is 13.3 Å². The second-order valence-corrected chi connectivity index (χ2v) is 5.11. The lowest BCUT2D eigenvalue weighted by atomic mass is 9.84. The molecule has 110 valence electrons. The molecule has 0 aromatic heterocycles. The van der Waals surface area contributed by atoms with Crippen molar-refractivity contribution in [2.75, 3.05) is 6.67 Å². The Morgan fingerprint density at radius 2 is 1.95 bits per heavy atom. The first-order valence-corrected chi connectivity index (χ1v) is 6.64. The van der Waals surface area contributed by atoms with Crippen LogP contribution in [0.2, 0.25) is 0 Å². The molecule has 1 aliphatic rings. The first-order valence-electron chi connectivity index (χ1n) is 6.64. The molecular formula is C15H18F3NO. The van der Waals surface area contributed by atoms with Crippen LogP contribution in [0.3, 0.4) is 0 Å². The maximum atomic E-state index is 12.6. The van der Waals surface area contributed by atoms with Gasteiger partial charge in [0, 0.05) is 10.6 Å². The smallest absolute Gasteiger partial charge is 0.174 e. The minimum atomic E-state index is -0.789. The molecule has 1 aliphatic carbocycles. The minimum Gasteiger partial charge on any atom is -0.294 e. The SMILES string of the molecule is CC1CCC(CF)CC1.N#Cc1ccc(OF)cc1F. The highest BCUT2D eigenvalue weighted by Gasteiger charge is 2.17. The monoisotopic (exact) mass is 285 g/mol. The van der Waals surface area contributed by atoms with Crippen molar-refractivity contribution in [1.82, 2.24) is 0 Å². The Bertz CT molecular complexity index is 451. The Labute approximate surface area is 117 Å². The van der Waals surface area contributed by atoms with Crippen LogP contribution < -0.4 is 4.94 Å². The highest BCUT2D eigenvalue weighted by atomic mass is 19.3. The number of benzene rings is 1. The maximum Gasteiger partial charge on any atom is 0.174 e. The van der Waals surface area contributed by atoms with E-state index in [2.05, 4.69) is 11.9 Å². The summed E-state index contributed by atoms with van der Waals surface area (Å²) >= 11 is 0. The van der Waals surface area contributed by atoms with Crippen LogP contribution in [-0.2, 0) is 0 Å². The molecule has 0 radical (unpaired) electrons. The summed E-state index contributed by atoms with van der Waals surface area (Å²) in [6.07, 6.45) is 4.73. The summed E-state index contributed by atoms with van der Waals surface area (Å²) in [5, 5.41) is 8.26. The largest absolute Gasteiger partial charge is 0.294 e. The number of nitriles is 1. The molecule has 0 saturated heterocycles. The van der Waals surface area contributed by atoms with Crippen LogP contribution >= 0.6 is 0 Å². The van der Waals surface area contributed by atoms with Gasteiger partial charge in [0.05, 0.1) is 12.2 Å². The quantitative estimate of drug-likeness (QED) is 0.786. The number of nitrogens with zero attached hydrogens (tertiary/aromatic N) is 1. The summed E-state index contributed by atoms with van der Waals surface area (Å²) in [7, 11) is 0. The van der Waals surface area contributed by atoms with E-state index < -0.39 is 5.82 Å². The molecule has 0 unspecified atom stereocenters. The zero-order chi connectivity index (χ0) is 15.0. The van der Waals surface area contributed by atoms with E-state index in [4.69, 9.17) is 5.26 Å². The Morgan fingerprint density at radius 3 is 2.40 bits per heavy atom. The number of hydrogen-bond acceptors (Lipinski definition) is 2. The summed E-state index contributed by atoms with van der Waals surface area (Å²) in [6.45, 7) is 2.17. The van der Waals surface area contributed by atoms with Crippen LogP contribution in [0.4, 0.5) is 13.3 Å². The van der Waals surface area contributed by atoms with Gasteiger partial charge in [0.25, 0.3) is 0 Å². The van der Waals surface area contributed by atoms with Crippen molar-refractivity contribution in [1.29, 1.82) is 5.26 Å². The molecule has 0 heterocycles. The topological polar surface area (TPSA) is 33.0 Å². The van der Waals surface area contributed by atoms with E-state index in [-0.39, 0.29) is 18.0 Å². The van der Waals surface area contributed by atoms with Gasteiger partial charge in [0.15, 0.2) is 5.75 Å². The number of halogens is 3. The van der Waals surface area contributed by atoms with Crippen molar-refractivity contribution in [3.8, 4) is 11.8 Å². The number of alkyl halides is 1. The zero-order valence-electron chi connectivity index (χ0n) is 11.4. The molecule has 0 bridgehead atoms. The summed E-state index contributed by atoms with van der Waals surface area (Å²) in [5.74, 6) is 0.221. The van der Waals surface area contributed by atoms with Crippen molar-refractivity contribution in [3.05, 3.63) is 29.6 Å². The van der Waals surface area contributed by atoms with Gasteiger partial charge >= 0.3 is 0 Å². The van der Waals surface area contributed by atoms with Crippen LogP contribution in [0.25, 0.3) is 0 Å². The molecule has 1 aromatic rings. The molecule has 0 N–H and O–H groups in total. The third-order valence-corrected chi connectivity index (χ3v) is 3.50. The molecule has 2 rings (SSSR count). The predicted octanol–water partition coefficient (Wildman–Crippen LogP) is 4.74. The van der Waals surface area contributed by atoms with Crippen molar-refractivity contribution >= 4 is 0 Å². The van der Waals surface area contributed by atoms with E-state index in [0.717, 1.165) is 30.9 Å². The fourth-order valence-electron chi connectivity index (χ4n) is 2.12. The van der Waals surface area contributed by atoms with E-state index in [1.165, 1.54) is 18.9 Å². The van der Waals surface area contributed by atoms with Gasteiger partial charge in [-0.2, -0.15) is 5.26 Å². The van der Waals surface area contributed by atoms with Crippen LogP contribution in [0.5, 0.6) is 5.75 Å². The molecular weight excluding hydrogens is 267 g/mol. The summed E-state index contributed by atoms with van der Waals surface area (Å²) in [5.41, 5.74) is -0.134. The Kier molecular flexibility index (Phi) is 6.92. The van der Waals surface area contributed by atoms with E-state index in [1.807, 2.05) is 0 Å². The van der Waals surface area contributed by atoms with Gasteiger partial charge in [-0.1, -0.05) is 19.8 Å². The van der Waals surface area contributed by atoms with Gasteiger partial charge in [0.2, 0.25) is 0 Å². The summed E-state index contributed by atoms with van der Waals surface area (Å²) in [6, 6.07) is 4.71. The average Bonchev–Trinajstić information content (AvgIpc) is 2.48. The first-order chi connectivity index (χ1) is 9.60. The average molecular weight is 285 g/mol. The molecule has 1 saturated carbocycles. The molecule has 1 fully saturated rings. The van der Waals surface area contributed by atoms with Gasteiger partial charge in [-0.3, -0.25) is 9.33 Å². The number of rotatable bonds is 2. The van der Waals surface area contributed by atoms with Crippen molar-refractivity contribution < 1.29 is 18.2 Å². The Morgan fingerprint density at radius 1 is 1.30 bits per heavy atom. The maximum absolute atomic E-state index is 12.6. The van der Waals surface area contributed by atoms with Gasteiger partial charge in [-0.15, -0.1) is 0 Å². The molecule has 20 heavy (non-hydrogen) atoms. The third kappa shape index (κ3) is 5.12. The fraction of sp³-hybridized carbons (Fsp3) is 0.533. The van der Waals surface area contributed by atoms with Gasteiger partial charge in [-0.05, 0) is 36.8 Å². The van der Waals surface area contributed by atoms with E-state index in [1.54, 1.807) is 6.07 Å². The fourth-order valence-corrected chi connectivity index (χ4v) is 2.12. The molecule has 0 amide bonds. The third-order valence-electron chi connectivity index (χ3n) is 3.50. The second kappa shape index (κ2) is 8.47. The van der Waals surface area contributed by atoms with Crippen molar-refractivity contribution in [2.24, 2.45) is 11.8 Å². The molecule has 2 nitrogen and oxygen atoms in total. The normalized spacial score (nSPS) is 21.4. The van der Waals surface area contributed by atoms with Crippen molar-refractivity contribution in [2.45, 2.75) is 32.6 Å². The highest BCUT2D eigenvalue weighted by molar-refractivity contribution is 5.35. The van der Waals surface area contributed by atoms with Crippen molar-refractivity contribution in [3.63, 3.8) is 0 Å². The van der Waals surface area contributed by atoms with Gasteiger partial charge in [0.1, 0.15) is 11.9 Å². The zero-order valence-corrected chi connectivity index (χ0v) is 11.4. The molecule has 5 heteroatoms. The molecule has 0 aliphatic heterocycles. The highest BCUT2D eigenvalue weighted by Crippen LogP contribution is 2.28. The minimum absolute atomic E-state index is 0.0906.